The number of imidazole rings is 1. The van der Waals surface area contributed by atoms with E-state index in [1.54, 1.807) is 0 Å². The Hall–Kier alpha value is -1.06. The first-order chi connectivity index (χ1) is 10.2. The van der Waals surface area contributed by atoms with Crippen molar-refractivity contribution in [1.82, 2.24) is 9.55 Å². The molecular weight excluding hydrogens is 282 g/mol. The van der Waals surface area contributed by atoms with Crippen LogP contribution in [0.25, 0.3) is 11.0 Å². The smallest absolute Gasteiger partial charge is 0.114 e. The zero-order valence-corrected chi connectivity index (χ0v) is 13.2. The average molecular weight is 304 g/mol. The predicted octanol–water partition coefficient (Wildman–Crippen LogP) is 3.94. The van der Waals surface area contributed by atoms with E-state index < -0.39 is 0 Å². The largest absolute Gasteiger partial charge is 0.328 e. The highest BCUT2D eigenvalue weighted by Crippen LogP contribution is 2.52. The van der Waals surface area contributed by atoms with Crippen LogP contribution in [0.5, 0.6) is 0 Å². The molecular formula is C17H22ClN3. The van der Waals surface area contributed by atoms with Gasteiger partial charge in [-0.25, -0.2) is 4.98 Å². The van der Waals surface area contributed by atoms with Crippen molar-refractivity contribution < 1.29 is 0 Å². The first-order valence-corrected chi connectivity index (χ1v) is 8.48. The molecule has 1 heterocycles. The van der Waals surface area contributed by atoms with Gasteiger partial charge in [0.05, 0.1) is 11.0 Å². The molecule has 2 aromatic rings. The minimum Gasteiger partial charge on any atom is -0.328 e. The van der Waals surface area contributed by atoms with Crippen molar-refractivity contribution in [2.45, 2.75) is 51.1 Å². The van der Waals surface area contributed by atoms with E-state index in [2.05, 4.69) is 11.5 Å². The van der Waals surface area contributed by atoms with Gasteiger partial charge in [0.2, 0.25) is 0 Å². The second kappa shape index (κ2) is 4.99. The van der Waals surface area contributed by atoms with Crippen molar-refractivity contribution in [3.8, 4) is 0 Å². The summed E-state index contributed by atoms with van der Waals surface area (Å²) in [5.41, 5.74) is 8.75. The number of hydrogen-bond donors (Lipinski definition) is 1. The van der Waals surface area contributed by atoms with Crippen molar-refractivity contribution in [1.29, 1.82) is 0 Å². The van der Waals surface area contributed by atoms with Gasteiger partial charge in [-0.05, 0) is 55.7 Å². The summed E-state index contributed by atoms with van der Waals surface area (Å²) in [5.74, 6) is 3.07. The Balaban J connectivity index is 1.86. The number of nitrogens with two attached hydrogens (primary N) is 1. The van der Waals surface area contributed by atoms with Crippen LogP contribution in [0.1, 0.15) is 44.3 Å². The summed E-state index contributed by atoms with van der Waals surface area (Å²) in [6.45, 7) is 3.20. The summed E-state index contributed by atoms with van der Waals surface area (Å²) in [6.07, 6.45) is 5.02. The Kier molecular flexibility index (Phi) is 3.23. The van der Waals surface area contributed by atoms with Crippen LogP contribution >= 0.6 is 11.6 Å². The van der Waals surface area contributed by atoms with Gasteiger partial charge in [0.25, 0.3) is 0 Å². The van der Waals surface area contributed by atoms with Crippen LogP contribution in [0, 0.1) is 11.8 Å². The fourth-order valence-corrected chi connectivity index (χ4v) is 4.71. The Morgan fingerprint density at radius 3 is 2.86 bits per heavy atom. The zero-order valence-electron chi connectivity index (χ0n) is 12.4. The first-order valence-electron chi connectivity index (χ1n) is 8.10. The number of aryl methyl sites for hydroxylation is 1. The van der Waals surface area contributed by atoms with Gasteiger partial charge >= 0.3 is 0 Å². The number of halogens is 1. The van der Waals surface area contributed by atoms with Gasteiger partial charge in [-0.1, -0.05) is 18.5 Å². The van der Waals surface area contributed by atoms with Crippen molar-refractivity contribution in [3.63, 3.8) is 0 Å². The van der Waals surface area contributed by atoms with Crippen molar-refractivity contribution >= 4 is 22.6 Å². The third kappa shape index (κ3) is 2.01. The number of rotatable bonds is 3. The molecule has 2 saturated carbocycles. The summed E-state index contributed by atoms with van der Waals surface area (Å²) in [6, 6.07) is 6.29. The summed E-state index contributed by atoms with van der Waals surface area (Å²) in [5, 5.41) is 0.781. The molecule has 0 spiro atoms. The maximum absolute atomic E-state index is 6.53. The molecule has 3 nitrogen and oxygen atoms in total. The summed E-state index contributed by atoms with van der Waals surface area (Å²) in [4.78, 5) is 4.95. The predicted molar refractivity (Wildman–Crippen MR) is 86.6 cm³/mol. The number of hydrogen-bond acceptors (Lipinski definition) is 2. The molecule has 21 heavy (non-hydrogen) atoms. The summed E-state index contributed by atoms with van der Waals surface area (Å²) in [7, 11) is 0. The van der Waals surface area contributed by atoms with Crippen molar-refractivity contribution in [3.05, 3.63) is 29.0 Å². The third-order valence-corrected chi connectivity index (χ3v) is 5.70. The van der Waals surface area contributed by atoms with Crippen molar-refractivity contribution in [2.75, 3.05) is 0 Å². The van der Waals surface area contributed by atoms with Crippen LogP contribution in [0.2, 0.25) is 5.02 Å². The van der Waals surface area contributed by atoms with E-state index in [0.717, 1.165) is 34.9 Å². The molecule has 2 aliphatic carbocycles. The molecule has 0 aliphatic heterocycles. The van der Waals surface area contributed by atoms with Gasteiger partial charge < -0.3 is 10.3 Å². The molecule has 2 bridgehead atoms. The van der Waals surface area contributed by atoms with Crippen LogP contribution in [-0.4, -0.2) is 15.6 Å². The number of nitrogens with zero attached hydrogens (tertiary/aromatic N) is 2. The van der Waals surface area contributed by atoms with E-state index in [1.165, 1.54) is 25.1 Å². The zero-order chi connectivity index (χ0) is 14.6. The first kappa shape index (κ1) is 13.6. The van der Waals surface area contributed by atoms with Crippen LogP contribution in [-0.2, 0) is 6.54 Å². The lowest BCUT2D eigenvalue weighted by Gasteiger charge is -2.28. The van der Waals surface area contributed by atoms with E-state index in [9.17, 15) is 0 Å². The molecule has 0 radical (unpaired) electrons. The molecule has 2 aliphatic rings. The fourth-order valence-electron chi connectivity index (χ4n) is 4.55. The van der Waals surface area contributed by atoms with E-state index >= 15 is 0 Å². The maximum atomic E-state index is 6.53. The van der Waals surface area contributed by atoms with Gasteiger partial charge in [-0.3, -0.25) is 0 Å². The van der Waals surface area contributed by atoms with Gasteiger partial charge in [0.1, 0.15) is 5.82 Å². The van der Waals surface area contributed by atoms with E-state index in [0.29, 0.717) is 11.8 Å². The molecule has 4 heteroatoms. The molecule has 4 unspecified atom stereocenters. The summed E-state index contributed by atoms with van der Waals surface area (Å²) >= 11 is 6.19. The van der Waals surface area contributed by atoms with Gasteiger partial charge in [-0.2, -0.15) is 0 Å². The normalized spacial score (nSPS) is 31.4. The highest BCUT2D eigenvalue weighted by atomic mass is 35.5. The van der Waals surface area contributed by atoms with Gasteiger partial charge in [-0.15, -0.1) is 0 Å². The lowest BCUT2D eigenvalue weighted by atomic mass is 9.84. The van der Waals surface area contributed by atoms with Crippen molar-refractivity contribution in [2.24, 2.45) is 17.6 Å². The Morgan fingerprint density at radius 2 is 2.14 bits per heavy atom. The third-order valence-electron chi connectivity index (χ3n) is 5.47. The molecule has 1 aromatic heterocycles. The van der Waals surface area contributed by atoms with E-state index in [4.69, 9.17) is 22.3 Å². The SMILES string of the molecule is CCCn1c(C2C3CCC(C3)C2N)nc2ccc(Cl)cc21. The molecule has 0 amide bonds. The number of aromatic nitrogens is 2. The second-order valence-electron chi connectivity index (χ2n) is 6.69. The lowest BCUT2D eigenvalue weighted by molar-refractivity contribution is 0.346. The number of benzene rings is 1. The van der Waals surface area contributed by atoms with Crippen LogP contribution in [0.4, 0.5) is 0 Å². The standard InChI is InChI=1S/C17H22ClN3/c1-2-7-21-14-9-12(18)5-6-13(14)20-17(21)15-10-3-4-11(8-10)16(15)19/h5-6,9-11,15-16H,2-4,7-8,19H2,1H3. The maximum Gasteiger partial charge on any atom is 0.114 e. The Labute approximate surface area is 130 Å². The Morgan fingerprint density at radius 1 is 1.33 bits per heavy atom. The molecule has 4 atom stereocenters. The fraction of sp³-hybridized carbons (Fsp3) is 0.588. The molecule has 112 valence electrons. The molecule has 1 aromatic carbocycles. The average Bonchev–Trinajstić information content (AvgIpc) is 3.13. The van der Waals surface area contributed by atoms with Crippen LogP contribution < -0.4 is 5.73 Å². The molecule has 2 fully saturated rings. The van der Waals surface area contributed by atoms with E-state index in [1.807, 2.05) is 18.2 Å². The quantitative estimate of drug-likeness (QED) is 0.933. The molecule has 4 rings (SSSR count). The minimum absolute atomic E-state index is 0.284. The topological polar surface area (TPSA) is 43.8 Å². The summed E-state index contributed by atoms with van der Waals surface area (Å²) < 4.78 is 2.37. The van der Waals surface area contributed by atoms with Gasteiger partial charge in [0.15, 0.2) is 0 Å². The highest BCUT2D eigenvalue weighted by molar-refractivity contribution is 6.31. The number of fused-ring (bicyclic) bond motifs is 3. The Bertz CT molecular complexity index is 676. The van der Waals surface area contributed by atoms with Crippen LogP contribution in [0.3, 0.4) is 0 Å². The minimum atomic E-state index is 0.284. The lowest BCUT2D eigenvalue weighted by Crippen LogP contribution is -2.35. The monoisotopic (exact) mass is 303 g/mol. The van der Waals surface area contributed by atoms with Gasteiger partial charge in [0, 0.05) is 23.5 Å². The van der Waals surface area contributed by atoms with Crippen LogP contribution in [0.15, 0.2) is 18.2 Å². The highest BCUT2D eigenvalue weighted by Gasteiger charge is 2.48. The molecule has 2 N–H and O–H groups in total. The van der Waals surface area contributed by atoms with E-state index in [-0.39, 0.29) is 6.04 Å². The second-order valence-corrected chi connectivity index (χ2v) is 7.13. The molecule has 0 saturated heterocycles.